The second-order valence-corrected chi connectivity index (χ2v) is 5.52. The fourth-order valence-corrected chi connectivity index (χ4v) is 2.60. The second kappa shape index (κ2) is 4.85. The molecule has 1 aromatic carbocycles. The molecule has 1 saturated heterocycles. The number of nitro benzene ring substituents is 1. The number of benzene rings is 1. The SMILES string of the molecule is O=C1CC(S)CN1c1c(F)cc(Br)cc1[N+](=O)[O-]. The average molecular weight is 335 g/mol. The number of nitro groups is 1. The molecule has 1 heterocycles. The van der Waals surface area contributed by atoms with Crippen LogP contribution in [-0.2, 0) is 4.79 Å². The van der Waals surface area contributed by atoms with E-state index in [0.29, 0.717) is 0 Å². The van der Waals surface area contributed by atoms with Gasteiger partial charge in [-0.25, -0.2) is 4.39 Å². The Kier molecular flexibility index (Phi) is 3.58. The van der Waals surface area contributed by atoms with Crippen molar-refractivity contribution in [3.05, 3.63) is 32.5 Å². The van der Waals surface area contributed by atoms with Crippen LogP contribution >= 0.6 is 28.6 Å². The molecular formula is C10H8BrFN2O3S. The van der Waals surface area contributed by atoms with Crippen LogP contribution < -0.4 is 4.90 Å². The minimum atomic E-state index is -0.799. The molecule has 1 amide bonds. The van der Waals surface area contributed by atoms with Crippen LogP contribution in [0.25, 0.3) is 0 Å². The number of carbonyl (C=O) groups excluding carboxylic acids is 1. The Labute approximate surface area is 116 Å². The number of hydrogen-bond donors (Lipinski definition) is 1. The van der Waals surface area contributed by atoms with Gasteiger partial charge in [-0.3, -0.25) is 14.9 Å². The van der Waals surface area contributed by atoms with Crippen LogP contribution in [-0.4, -0.2) is 22.6 Å². The predicted molar refractivity (Wildman–Crippen MR) is 70.5 cm³/mol. The van der Waals surface area contributed by atoms with Crippen molar-refractivity contribution in [1.29, 1.82) is 0 Å². The topological polar surface area (TPSA) is 63.5 Å². The van der Waals surface area contributed by atoms with Crippen molar-refractivity contribution in [3.63, 3.8) is 0 Å². The van der Waals surface area contributed by atoms with Crippen LogP contribution in [0.15, 0.2) is 16.6 Å². The Morgan fingerprint density at radius 2 is 2.22 bits per heavy atom. The van der Waals surface area contributed by atoms with E-state index in [1.54, 1.807) is 0 Å². The smallest absolute Gasteiger partial charge is 0.297 e. The van der Waals surface area contributed by atoms with Crippen LogP contribution in [0.4, 0.5) is 15.8 Å². The summed E-state index contributed by atoms with van der Waals surface area (Å²) in [6.07, 6.45) is 0.149. The summed E-state index contributed by atoms with van der Waals surface area (Å²) in [7, 11) is 0. The number of rotatable bonds is 2. The van der Waals surface area contributed by atoms with E-state index < -0.39 is 16.4 Å². The fraction of sp³-hybridized carbons (Fsp3) is 0.300. The van der Waals surface area contributed by atoms with Gasteiger partial charge in [-0.05, 0) is 6.07 Å². The molecule has 0 spiro atoms. The molecule has 5 nitrogen and oxygen atoms in total. The first-order valence-electron chi connectivity index (χ1n) is 5.02. The number of anilines is 1. The maximum atomic E-state index is 13.9. The maximum Gasteiger partial charge on any atom is 0.297 e. The van der Waals surface area contributed by atoms with E-state index in [2.05, 4.69) is 28.6 Å². The number of halogens is 2. The van der Waals surface area contributed by atoms with Crippen LogP contribution in [0.5, 0.6) is 0 Å². The summed E-state index contributed by atoms with van der Waals surface area (Å²) in [4.78, 5) is 23.0. The van der Waals surface area contributed by atoms with Crippen LogP contribution in [0.3, 0.4) is 0 Å². The lowest BCUT2D eigenvalue weighted by molar-refractivity contribution is -0.384. The highest BCUT2D eigenvalue weighted by Gasteiger charge is 2.35. The first-order valence-corrected chi connectivity index (χ1v) is 6.33. The highest BCUT2D eigenvalue weighted by atomic mass is 79.9. The standard InChI is InChI=1S/C10H8BrFN2O3S/c11-5-1-7(12)10(8(2-5)14(16)17)13-4-6(18)3-9(13)15/h1-2,6,18H,3-4H2. The van der Waals surface area contributed by atoms with Crippen molar-refractivity contribution in [2.75, 3.05) is 11.4 Å². The fourth-order valence-electron chi connectivity index (χ4n) is 1.86. The lowest BCUT2D eigenvalue weighted by atomic mass is 10.2. The number of thiol groups is 1. The largest absolute Gasteiger partial charge is 0.303 e. The quantitative estimate of drug-likeness (QED) is 0.513. The van der Waals surface area contributed by atoms with E-state index in [1.165, 1.54) is 6.07 Å². The highest BCUT2D eigenvalue weighted by Crippen LogP contribution is 2.37. The third-order valence-corrected chi connectivity index (χ3v) is 3.38. The summed E-state index contributed by atoms with van der Waals surface area (Å²) in [6.45, 7) is 0.168. The third-order valence-electron chi connectivity index (χ3n) is 2.58. The van der Waals surface area contributed by atoms with Crippen molar-refractivity contribution in [2.24, 2.45) is 0 Å². The molecule has 1 aromatic rings. The first-order chi connectivity index (χ1) is 8.40. The van der Waals surface area contributed by atoms with E-state index in [9.17, 15) is 19.3 Å². The molecule has 2 rings (SSSR count). The molecule has 96 valence electrons. The van der Waals surface area contributed by atoms with Gasteiger partial charge in [-0.1, -0.05) is 15.9 Å². The molecule has 0 N–H and O–H groups in total. The lowest BCUT2D eigenvalue weighted by Crippen LogP contribution is -2.26. The molecule has 1 atom stereocenters. The van der Waals surface area contributed by atoms with Crippen molar-refractivity contribution in [1.82, 2.24) is 0 Å². The Bertz CT molecular complexity index is 540. The molecule has 0 aromatic heterocycles. The van der Waals surface area contributed by atoms with Crippen molar-refractivity contribution in [2.45, 2.75) is 11.7 Å². The average Bonchev–Trinajstić information content (AvgIpc) is 2.56. The number of hydrogen-bond acceptors (Lipinski definition) is 4. The second-order valence-electron chi connectivity index (χ2n) is 3.87. The van der Waals surface area contributed by atoms with Gasteiger partial charge in [0.1, 0.15) is 0 Å². The van der Waals surface area contributed by atoms with Gasteiger partial charge in [-0.15, -0.1) is 0 Å². The minimum Gasteiger partial charge on any atom is -0.303 e. The van der Waals surface area contributed by atoms with Gasteiger partial charge >= 0.3 is 0 Å². The molecule has 0 radical (unpaired) electrons. The van der Waals surface area contributed by atoms with E-state index in [4.69, 9.17) is 0 Å². The predicted octanol–water partition coefficient (Wildman–Crippen LogP) is 2.53. The Morgan fingerprint density at radius 3 is 2.72 bits per heavy atom. The minimum absolute atomic E-state index is 0.149. The zero-order chi connectivity index (χ0) is 13.4. The van der Waals surface area contributed by atoms with Gasteiger partial charge in [-0.2, -0.15) is 12.6 Å². The van der Waals surface area contributed by atoms with Crippen LogP contribution in [0.1, 0.15) is 6.42 Å². The normalized spacial score (nSPS) is 19.4. The number of carbonyl (C=O) groups is 1. The summed E-state index contributed by atoms with van der Waals surface area (Å²) in [6, 6.07) is 2.28. The lowest BCUT2D eigenvalue weighted by Gasteiger charge is -2.16. The van der Waals surface area contributed by atoms with E-state index in [0.717, 1.165) is 11.0 Å². The summed E-state index contributed by atoms with van der Waals surface area (Å²) < 4.78 is 14.1. The molecule has 0 bridgehead atoms. The summed E-state index contributed by atoms with van der Waals surface area (Å²) in [5.41, 5.74) is -0.720. The van der Waals surface area contributed by atoms with Gasteiger partial charge in [0, 0.05) is 28.8 Å². The first kappa shape index (κ1) is 13.3. The molecule has 8 heteroatoms. The molecule has 0 saturated carbocycles. The van der Waals surface area contributed by atoms with Crippen LogP contribution in [0.2, 0.25) is 0 Å². The molecule has 1 aliphatic rings. The summed E-state index contributed by atoms with van der Waals surface area (Å²) >= 11 is 7.13. The van der Waals surface area contributed by atoms with E-state index in [1.807, 2.05) is 0 Å². The Balaban J connectivity index is 2.56. The highest BCUT2D eigenvalue weighted by molar-refractivity contribution is 9.10. The summed E-state index contributed by atoms with van der Waals surface area (Å²) in [5.74, 6) is -1.16. The van der Waals surface area contributed by atoms with Crippen molar-refractivity contribution < 1.29 is 14.1 Å². The van der Waals surface area contributed by atoms with Crippen molar-refractivity contribution in [3.8, 4) is 0 Å². The number of amides is 1. The van der Waals surface area contributed by atoms with Gasteiger partial charge in [0.2, 0.25) is 5.91 Å². The molecule has 1 aliphatic heterocycles. The zero-order valence-corrected chi connectivity index (χ0v) is 11.4. The molecule has 1 fully saturated rings. The van der Waals surface area contributed by atoms with Crippen LogP contribution in [0, 0.1) is 15.9 Å². The summed E-state index contributed by atoms with van der Waals surface area (Å²) in [5, 5.41) is 10.7. The number of nitrogens with zero attached hydrogens (tertiary/aromatic N) is 2. The van der Waals surface area contributed by atoms with E-state index >= 15 is 0 Å². The Hall–Kier alpha value is -1.15. The Morgan fingerprint density at radius 1 is 1.56 bits per heavy atom. The molecule has 18 heavy (non-hydrogen) atoms. The monoisotopic (exact) mass is 334 g/mol. The van der Waals surface area contributed by atoms with Gasteiger partial charge in [0.25, 0.3) is 5.69 Å². The molecule has 1 unspecified atom stereocenters. The van der Waals surface area contributed by atoms with Gasteiger partial charge in [0.15, 0.2) is 11.5 Å². The zero-order valence-electron chi connectivity index (χ0n) is 8.97. The molecule has 0 aliphatic carbocycles. The maximum absolute atomic E-state index is 13.9. The third kappa shape index (κ3) is 2.35. The van der Waals surface area contributed by atoms with Crippen molar-refractivity contribution >= 4 is 45.8 Å². The molecular weight excluding hydrogens is 327 g/mol. The van der Waals surface area contributed by atoms with E-state index in [-0.39, 0.29) is 34.3 Å². The van der Waals surface area contributed by atoms with Gasteiger partial charge in [0.05, 0.1) is 4.92 Å². The van der Waals surface area contributed by atoms with Gasteiger partial charge < -0.3 is 4.90 Å².